The zero-order valence-electron chi connectivity index (χ0n) is 11.6. The van der Waals surface area contributed by atoms with Gasteiger partial charge in [-0.1, -0.05) is 24.3 Å². The molecule has 0 N–H and O–H groups in total. The lowest BCUT2D eigenvalue weighted by molar-refractivity contribution is 0.660. The van der Waals surface area contributed by atoms with Gasteiger partial charge in [-0.05, 0) is 25.5 Å². The van der Waals surface area contributed by atoms with Crippen molar-refractivity contribution in [1.29, 1.82) is 0 Å². The topological polar surface area (TPSA) is 30.7 Å². The first-order chi connectivity index (χ1) is 9.70. The first kappa shape index (κ1) is 13.1. The van der Waals surface area contributed by atoms with Crippen molar-refractivity contribution in [3.63, 3.8) is 0 Å². The van der Waals surface area contributed by atoms with Gasteiger partial charge < -0.3 is 0 Å². The summed E-state index contributed by atoms with van der Waals surface area (Å²) in [6.07, 6.45) is 1.83. The van der Waals surface area contributed by atoms with E-state index in [0.717, 1.165) is 34.4 Å². The third-order valence-electron chi connectivity index (χ3n) is 3.70. The molecule has 1 aromatic carbocycles. The number of hydrogen-bond acceptors (Lipinski definition) is 2. The van der Waals surface area contributed by atoms with Gasteiger partial charge in [0.05, 0.1) is 23.6 Å². The molecule has 4 heteroatoms. The predicted molar refractivity (Wildman–Crippen MR) is 82.1 cm³/mol. The molecule has 0 bridgehead atoms. The summed E-state index contributed by atoms with van der Waals surface area (Å²) in [6, 6.07) is 10.3. The predicted octanol–water partition coefficient (Wildman–Crippen LogP) is 3.84. The Hall–Kier alpha value is -1.87. The van der Waals surface area contributed by atoms with Crippen molar-refractivity contribution < 1.29 is 0 Å². The number of aryl methyl sites for hydroxylation is 1. The first-order valence-electron chi connectivity index (χ1n) is 6.62. The molecule has 3 rings (SSSR count). The number of alkyl halides is 1. The molecule has 0 amide bonds. The summed E-state index contributed by atoms with van der Waals surface area (Å²) < 4.78 is 2.01. The zero-order chi connectivity index (χ0) is 14.1. The average Bonchev–Trinajstić information content (AvgIpc) is 2.73. The SMILES string of the molecule is Cc1nn(Cc2cccc3cccnc23)c(C)c1CCl. The molecule has 0 aliphatic carbocycles. The summed E-state index contributed by atoms with van der Waals surface area (Å²) in [5.74, 6) is 0.505. The van der Waals surface area contributed by atoms with Gasteiger partial charge in [-0.2, -0.15) is 5.10 Å². The maximum atomic E-state index is 5.98. The molecule has 2 aromatic heterocycles. The van der Waals surface area contributed by atoms with Crippen molar-refractivity contribution in [1.82, 2.24) is 14.8 Å². The van der Waals surface area contributed by atoms with Gasteiger partial charge in [-0.3, -0.25) is 9.67 Å². The van der Waals surface area contributed by atoms with E-state index in [1.54, 1.807) is 0 Å². The smallest absolute Gasteiger partial charge is 0.0752 e. The summed E-state index contributed by atoms with van der Waals surface area (Å²) in [7, 11) is 0. The quantitative estimate of drug-likeness (QED) is 0.685. The second-order valence-electron chi connectivity index (χ2n) is 4.93. The molecule has 0 unspecified atom stereocenters. The maximum Gasteiger partial charge on any atom is 0.0752 e. The Morgan fingerprint density at radius 3 is 2.70 bits per heavy atom. The molecule has 3 aromatic rings. The van der Waals surface area contributed by atoms with E-state index in [1.807, 2.05) is 23.9 Å². The Morgan fingerprint density at radius 2 is 1.95 bits per heavy atom. The molecule has 2 heterocycles. The largest absolute Gasteiger partial charge is 0.265 e. The fourth-order valence-corrected chi connectivity index (χ4v) is 2.92. The van der Waals surface area contributed by atoms with Crippen molar-refractivity contribution in [2.24, 2.45) is 0 Å². The van der Waals surface area contributed by atoms with E-state index in [2.05, 4.69) is 41.3 Å². The van der Waals surface area contributed by atoms with E-state index in [-0.39, 0.29) is 0 Å². The van der Waals surface area contributed by atoms with Gasteiger partial charge in [0.25, 0.3) is 0 Å². The maximum absolute atomic E-state index is 5.98. The first-order valence-corrected chi connectivity index (χ1v) is 7.15. The van der Waals surface area contributed by atoms with Crippen LogP contribution in [0.1, 0.15) is 22.5 Å². The highest BCUT2D eigenvalue weighted by atomic mass is 35.5. The van der Waals surface area contributed by atoms with Crippen LogP contribution in [0.25, 0.3) is 10.9 Å². The summed E-state index contributed by atoms with van der Waals surface area (Å²) in [6.45, 7) is 4.79. The molecule has 0 atom stereocenters. The molecular formula is C16H16ClN3. The van der Waals surface area contributed by atoms with Crippen LogP contribution in [0.5, 0.6) is 0 Å². The Morgan fingerprint density at radius 1 is 1.15 bits per heavy atom. The third-order valence-corrected chi connectivity index (χ3v) is 3.97. The second-order valence-corrected chi connectivity index (χ2v) is 5.20. The number of pyridine rings is 1. The van der Waals surface area contributed by atoms with Gasteiger partial charge in [0.2, 0.25) is 0 Å². The van der Waals surface area contributed by atoms with Crippen molar-refractivity contribution in [2.45, 2.75) is 26.3 Å². The Bertz CT molecular complexity index is 756. The number of benzene rings is 1. The van der Waals surface area contributed by atoms with Crippen molar-refractivity contribution in [2.75, 3.05) is 0 Å². The lowest BCUT2D eigenvalue weighted by Gasteiger charge is -2.08. The van der Waals surface area contributed by atoms with Crippen LogP contribution >= 0.6 is 11.6 Å². The van der Waals surface area contributed by atoms with Gasteiger partial charge in [-0.15, -0.1) is 11.6 Å². The molecule has 0 saturated heterocycles. The highest BCUT2D eigenvalue weighted by Crippen LogP contribution is 2.20. The minimum atomic E-state index is 0.505. The highest BCUT2D eigenvalue weighted by Gasteiger charge is 2.11. The third kappa shape index (κ3) is 2.18. The number of hydrogen-bond donors (Lipinski definition) is 0. The summed E-state index contributed by atoms with van der Waals surface area (Å²) in [5.41, 5.74) is 5.47. The van der Waals surface area contributed by atoms with Gasteiger partial charge in [0, 0.05) is 22.8 Å². The normalized spacial score (nSPS) is 11.2. The van der Waals surface area contributed by atoms with E-state index >= 15 is 0 Å². The zero-order valence-corrected chi connectivity index (χ0v) is 12.4. The standard InChI is InChI=1S/C16H16ClN3/c1-11-15(9-17)12(2)20(19-11)10-14-6-3-5-13-7-4-8-18-16(13)14/h3-8H,9-10H2,1-2H3. The van der Waals surface area contributed by atoms with Gasteiger partial charge in [0.1, 0.15) is 0 Å². The summed E-state index contributed by atoms with van der Waals surface area (Å²) in [5, 5.41) is 5.74. The molecule has 20 heavy (non-hydrogen) atoms. The molecule has 0 aliphatic rings. The molecule has 0 fully saturated rings. The van der Waals surface area contributed by atoms with Crippen molar-refractivity contribution in [3.8, 4) is 0 Å². The molecule has 3 nitrogen and oxygen atoms in total. The van der Waals surface area contributed by atoms with E-state index in [1.165, 1.54) is 5.56 Å². The molecule has 0 saturated carbocycles. The fraction of sp³-hybridized carbons (Fsp3) is 0.250. The van der Waals surface area contributed by atoms with Crippen LogP contribution in [0.3, 0.4) is 0 Å². The van der Waals surface area contributed by atoms with Crippen LogP contribution in [-0.4, -0.2) is 14.8 Å². The lowest BCUT2D eigenvalue weighted by Crippen LogP contribution is -2.05. The number of rotatable bonds is 3. The highest BCUT2D eigenvalue weighted by molar-refractivity contribution is 6.17. The minimum absolute atomic E-state index is 0.505. The molecular weight excluding hydrogens is 270 g/mol. The summed E-state index contributed by atoms with van der Waals surface area (Å²) in [4.78, 5) is 4.49. The molecule has 0 spiro atoms. The van der Waals surface area contributed by atoms with Crippen molar-refractivity contribution in [3.05, 3.63) is 59.0 Å². The van der Waals surface area contributed by atoms with E-state index < -0.39 is 0 Å². The van der Waals surface area contributed by atoms with Crippen LogP contribution < -0.4 is 0 Å². The Labute approximate surface area is 123 Å². The van der Waals surface area contributed by atoms with Gasteiger partial charge in [0.15, 0.2) is 0 Å². The molecule has 102 valence electrons. The monoisotopic (exact) mass is 285 g/mol. The minimum Gasteiger partial charge on any atom is -0.265 e. The number of fused-ring (bicyclic) bond motifs is 1. The number of aromatic nitrogens is 3. The van der Waals surface area contributed by atoms with Gasteiger partial charge >= 0.3 is 0 Å². The second kappa shape index (κ2) is 5.25. The van der Waals surface area contributed by atoms with Crippen molar-refractivity contribution >= 4 is 22.5 Å². The van der Waals surface area contributed by atoms with E-state index in [9.17, 15) is 0 Å². The van der Waals surface area contributed by atoms with Crippen LogP contribution in [0.4, 0.5) is 0 Å². The van der Waals surface area contributed by atoms with Gasteiger partial charge in [-0.25, -0.2) is 0 Å². The number of halogens is 1. The fourth-order valence-electron chi connectivity index (χ4n) is 2.54. The lowest BCUT2D eigenvalue weighted by atomic mass is 10.1. The van der Waals surface area contributed by atoms with E-state index in [4.69, 9.17) is 11.6 Å². The number of nitrogens with zero attached hydrogens (tertiary/aromatic N) is 3. The summed E-state index contributed by atoms with van der Waals surface area (Å²) >= 11 is 5.98. The van der Waals surface area contributed by atoms with Crippen LogP contribution in [0.15, 0.2) is 36.5 Å². The average molecular weight is 286 g/mol. The van der Waals surface area contributed by atoms with Crippen LogP contribution in [0, 0.1) is 13.8 Å². The molecule has 0 aliphatic heterocycles. The number of para-hydroxylation sites is 1. The Kier molecular flexibility index (Phi) is 3.45. The van der Waals surface area contributed by atoms with E-state index in [0.29, 0.717) is 5.88 Å². The molecule has 0 radical (unpaired) electrons. The van der Waals surface area contributed by atoms with Crippen LogP contribution in [-0.2, 0) is 12.4 Å². The van der Waals surface area contributed by atoms with Crippen LogP contribution in [0.2, 0.25) is 0 Å². The Balaban J connectivity index is 2.06.